The number of hydrogen-bond donors (Lipinski definition) is 7. The van der Waals surface area contributed by atoms with Crippen LogP contribution in [0.25, 0.3) is 11.0 Å². The van der Waals surface area contributed by atoms with Crippen molar-refractivity contribution in [3.63, 3.8) is 0 Å². The molecule has 138 valence electrons. The highest BCUT2D eigenvalue weighted by Gasteiger charge is 2.42. The average molecular weight is 375 g/mol. The van der Waals surface area contributed by atoms with Gasteiger partial charge in [0.05, 0.1) is 30.3 Å². The van der Waals surface area contributed by atoms with Gasteiger partial charge in [-0.25, -0.2) is 14.5 Å². The van der Waals surface area contributed by atoms with E-state index in [1.54, 1.807) is 0 Å². The van der Waals surface area contributed by atoms with Crippen LogP contribution in [0.4, 0.5) is 5.82 Å². The second-order valence-corrected chi connectivity index (χ2v) is 6.91. The molecule has 0 amide bonds. The molecular weight excluding hydrogens is 357 g/mol. The second-order valence-electron chi connectivity index (χ2n) is 5.67. The zero-order valence-electron chi connectivity index (χ0n) is 12.8. The quantitative estimate of drug-likeness (QED) is 0.280. The van der Waals surface area contributed by atoms with E-state index >= 15 is 0 Å². The van der Waals surface area contributed by atoms with Crippen molar-refractivity contribution in [2.45, 2.75) is 31.0 Å². The van der Waals surface area contributed by atoms with Crippen LogP contribution in [0.1, 0.15) is 11.6 Å². The highest BCUT2D eigenvalue weighted by Crippen LogP contribution is 2.38. The van der Waals surface area contributed by atoms with E-state index in [9.17, 15) is 19.9 Å². The highest BCUT2D eigenvalue weighted by molar-refractivity contribution is 7.46. The molecule has 1 aliphatic heterocycles. The molecule has 0 saturated carbocycles. The van der Waals surface area contributed by atoms with Gasteiger partial charge in [-0.2, -0.15) is 0 Å². The number of aliphatic hydroxyl groups excluding tert-OH is 3. The standard InChI is InChI=1S/C12H18N5O7P/c13-12-9-7(14-3-15-12)5(1-17(9)4-24-25(21,22)23)8-11(20)10(19)6(2-18)16-8/h1,3,6,8,10-11,16,18-20H,2,4H2,(H2,13,14,15)(H2,21,22,23)/t6-,8+,10-,11+/m1/s1. The molecule has 2 aromatic heterocycles. The number of phosphoric ester groups is 1. The van der Waals surface area contributed by atoms with Crippen LogP contribution in [0.3, 0.4) is 0 Å². The number of aliphatic hydroxyl groups is 3. The van der Waals surface area contributed by atoms with Crippen molar-refractivity contribution in [3.8, 4) is 0 Å². The van der Waals surface area contributed by atoms with E-state index < -0.39 is 38.8 Å². The first-order valence-electron chi connectivity index (χ1n) is 7.25. The van der Waals surface area contributed by atoms with Crippen molar-refractivity contribution >= 4 is 24.7 Å². The Bertz CT molecular complexity index is 824. The molecule has 25 heavy (non-hydrogen) atoms. The Morgan fingerprint density at radius 2 is 2.04 bits per heavy atom. The largest absolute Gasteiger partial charge is 0.471 e. The van der Waals surface area contributed by atoms with Crippen LogP contribution >= 0.6 is 7.82 Å². The molecule has 12 nitrogen and oxygen atoms in total. The van der Waals surface area contributed by atoms with Gasteiger partial charge in [0.25, 0.3) is 0 Å². The number of nitrogens with zero attached hydrogens (tertiary/aromatic N) is 3. The third kappa shape index (κ3) is 3.38. The molecule has 13 heteroatoms. The monoisotopic (exact) mass is 375 g/mol. The molecule has 3 heterocycles. The van der Waals surface area contributed by atoms with E-state index in [0.29, 0.717) is 11.1 Å². The summed E-state index contributed by atoms with van der Waals surface area (Å²) in [7, 11) is -4.72. The van der Waals surface area contributed by atoms with E-state index in [1.165, 1.54) is 17.1 Å². The van der Waals surface area contributed by atoms with Gasteiger partial charge in [-0.15, -0.1) is 0 Å². The molecule has 3 rings (SSSR count). The van der Waals surface area contributed by atoms with Gasteiger partial charge >= 0.3 is 7.82 Å². The molecule has 0 spiro atoms. The van der Waals surface area contributed by atoms with E-state index in [2.05, 4.69) is 19.8 Å². The Morgan fingerprint density at radius 1 is 1.32 bits per heavy atom. The summed E-state index contributed by atoms with van der Waals surface area (Å²) < 4.78 is 16.7. The minimum absolute atomic E-state index is 0.0531. The predicted octanol–water partition coefficient (Wildman–Crippen LogP) is -2.19. The summed E-state index contributed by atoms with van der Waals surface area (Å²) in [6, 6.07) is -1.51. The first-order valence-corrected chi connectivity index (χ1v) is 8.78. The number of phosphoric acid groups is 1. The lowest BCUT2D eigenvalue weighted by Crippen LogP contribution is -2.35. The lowest BCUT2D eigenvalue weighted by Gasteiger charge is -2.14. The minimum atomic E-state index is -4.72. The number of nitrogen functional groups attached to an aromatic ring is 1. The van der Waals surface area contributed by atoms with E-state index in [1.807, 2.05) is 0 Å². The zero-order chi connectivity index (χ0) is 18.4. The van der Waals surface area contributed by atoms with Crippen molar-refractivity contribution in [2.24, 2.45) is 0 Å². The zero-order valence-corrected chi connectivity index (χ0v) is 13.7. The van der Waals surface area contributed by atoms with Crippen LogP contribution in [-0.4, -0.2) is 64.5 Å². The van der Waals surface area contributed by atoms with Crippen molar-refractivity contribution in [2.75, 3.05) is 12.3 Å². The van der Waals surface area contributed by atoms with Crippen LogP contribution in [0.5, 0.6) is 0 Å². The van der Waals surface area contributed by atoms with E-state index in [0.717, 1.165) is 0 Å². The lowest BCUT2D eigenvalue weighted by atomic mass is 10.0. The predicted molar refractivity (Wildman–Crippen MR) is 83.8 cm³/mol. The van der Waals surface area contributed by atoms with Crippen LogP contribution in [-0.2, 0) is 15.8 Å². The van der Waals surface area contributed by atoms with Crippen molar-refractivity contribution in [1.82, 2.24) is 19.9 Å². The molecule has 4 atom stereocenters. The highest BCUT2D eigenvalue weighted by atomic mass is 31.2. The molecule has 1 fully saturated rings. The van der Waals surface area contributed by atoms with Crippen molar-refractivity contribution < 1.29 is 34.2 Å². The molecule has 0 unspecified atom stereocenters. The number of nitrogens with one attached hydrogen (secondary N) is 1. The third-order valence-electron chi connectivity index (χ3n) is 4.10. The fraction of sp³-hybridized carbons (Fsp3) is 0.500. The first kappa shape index (κ1) is 18.2. The van der Waals surface area contributed by atoms with Crippen molar-refractivity contribution in [3.05, 3.63) is 18.1 Å². The maximum absolute atomic E-state index is 10.9. The number of fused-ring (bicyclic) bond motifs is 1. The maximum Gasteiger partial charge on any atom is 0.471 e. The Kier molecular flexibility index (Phi) is 4.79. The molecular formula is C12H18N5O7P. The lowest BCUT2D eigenvalue weighted by molar-refractivity contribution is 0.0195. The number of hydrogen-bond acceptors (Lipinski definition) is 9. The summed E-state index contributed by atoms with van der Waals surface area (Å²) in [4.78, 5) is 25.7. The summed E-state index contributed by atoms with van der Waals surface area (Å²) in [5, 5.41) is 32.4. The minimum Gasteiger partial charge on any atom is -0.395 e. The van der Waals surface area contributed by atoms with Crippen LogP contribution in [0, 0.1) is 0 Å². The Labute approximate surface area is 141 Å². The molecule has 0 radical (unpaired) electrons. The van der Waals surface area contributed by atoms with Crippen LogP contribution < -0.4 is 11.1 Å². The topological polar surface area (TPSA) is 196 Å². The Balaban J connectivity index is 2.05. The molecule has 0 bridgehead atoms. The van der Waals surface area contributed by atoms with Gasteiger partial charge in [0.15, 0.2) is 5.82 Å². The fourth-order valence-corrected chi connectivity index (χ4v) is 3.22. The van der Waals surface area contributed by atoms with Gasteiger partial charge in [0.2, 0.25) is 0 Å². The molecule has 0 aromatic carbocycles. The van der Waals surface area contributed by atoms with E-state index in [-0.39, 0.29) is 17.9 Å². The van der Waals surface area contributed by atoms with Gasteiger partial charge in [-0.1, -0.05) is 0 Å². The number of rotatable bonds is 5. The molecule has 0 aliphatic carbocycles. The van der Waals surface area contributed by atoms with Gasteiger partial charge < -0.3 is 40.7 Å². The fourth-order valence-electron chi connectivity index (χ4n) is 2.94. The summed E-state index contributed by atoms with van der Waals surface area (Å²) in [6.07, 6.45) is 0.226. The van der Waals surface area contributed by atoms with Gasteiger partial charge in [-0.3, -0.25) is 4.52 Å². The number of aromatic nitrogens is 3. The third-order valence-corrected chi connectivity index (χ3v) is 4.55. The summed E-state index contributed by atoms with van der Waals surface area (Å²) in [5.74, 6) is 0.0531. The van der Waals surface area contributed by atoms with Crippen molar-refractivity contribution in [1.29, 1.82) is 0 Å². The molecule has 2 aromatic rings. The number of anilines is 1. The number of nitrogens with two attached hydrogens (primary N) is 1. The summed E-state index contributed by atoms with van der Waals surface area (Å²) in [6.45, 7) is -0.904. The smallest absolute Gasteiger partial charge is 0.395 e. The van der Waals surface area contributed by atoms with Gasteiger partial charge in [0, 0.05) is 11.8 Å². The average Bonchev–Trinajstić information content (AvgIpc) is 3.05. The molecule has 8 N–H and O–H groups in total. The van der Waals surface area contributed by atoms with Crippen LogP contribution in [0.15, 0.2) is 12.5 Å². The second kappa shape index (κ2) is 6.59. The Morgan fingerprint density at radius 3 is 2.64 bits per heavy atom. The SMILES string of the molecule is Nc1ncnc2c([C@@H]3N[C@H](CO)[C@@H](O)[C@H]3O)cn(COP(=O)(O)O)c12. The summed E-state index contributed by atoms with van der Waals surface area (Å²) >= 11 is 0. The first-order chi connectivity index (χ1) is 11.7. The van der Waals surface area contributed by atoms with Crippen LogP contribution in [0.2, 0.25) is 0 Å². The molecule has 1 saturated heterocycles. The normalized spacial score (nSPS) is 27.2. The maximum atomic E-state index is 10.9. The van der Waals surface area contributed by atoms with Gasteiger partial charge in [-0.05, 0) is 0 Å². The molecule has 1 aliphatic rings. The van der Waals surface area contributed by atoms with Gasteiger partial charge in [0.1, 0.15) is 24.7 Å². The Hall–Kier alpha value is -1.63. The van der Waals surface area contributed by atoms with E-state index in [4.69, 9.17) is 15.5 Å². The summed E-state index contributed by atoms with van der Waals surface area (Å²) in [5.41, 5.74) is 6.84.